The van der Waals surface area contributed by atoms with Crippen molar-refractivity contribution in [2.45, 2.75) is 45.7 Å². The molecule has 1 unspecified atom stereocenters. The quantitative estimate of drug-likeness (QED) is 0.899. The molecule has 2 aromatic heterocycles. The number of aryl methyl sites for hydroxylation is 3. The van der Waals surface area contributed by atoms with E-state index in [1.165, 1.54) is 11.5 Å². The molecule has 1 aliphatic heterocycles. The largest absolute Gasteiger partial charge is 0.378 e. The van der Waals surface area contributed by atoms with Crippen molar-refractivity contribution in [1.29, 1.82) is 0 Å². The third-order valence-corrected chi connectivity index (χ3v) is 4.81. The average molecular weight is 320 g/mol. The maximum absolute atomic E-state index is 12.6. The lowest BCUT2D eigenvalue weighted by Crippen LogP contribution is -2.33. The van der Waals surface area contributed by atoms with E-state index in [0.29, 0.717) is 5.56 Å². The van der Waals surface area contributed by atoms with Gasteiger partial charge in [0.05, 0.1) is 17.3 Å². The van der Waals surface area contributed by atoms with Gasteiger partial charge in [0.2, 0.25) is 0 Å². The molecule has 0 aliphatic carbocycles. The second-order valence-corrected chi connectivity index (χ2v) is 6.13. The average Bonchev–Trinajstić information content (AvgIpc) is 3.10. The Bertz CT molecular complexity index is 692. The van der Waals surface area contributed by atoms with E-state index in [0.717, 1.165) is 48.2 Å². The normalized spacial score (nSPS) is 17.1. The minimum Gasteiger partial charge on any atom is -0.378 e. The van der Waals surface area contributed by atoms with Crippen molar-refractivity contribution in [2.75, 3.05) is 12.4 Å². The minimum atomic E-state index is -0.102. The van der Waals surface area contributed by atoms with Gasteiger partial charge in [-0.3, -0.25) is 4.79 Å². The first kappa shape index (κ1) is 15.0. The molecule has 0 spiro atoms. The first-order valence-corrected chi connectivity index (χ1v) is 8.29. The fourth-order valence-electron chi connectivity index (χ4n) is 2.72. The molecule has 2 N–H and O–H groups in total. The molecule has 0 bridgehead atoms. The van der Waals surface area contributed by atoms with E-state index in [1.54, 1.807) is 7.05 Å². The Balaban J connectivity index is 1.83. The molecule has 0 saturated heterocycles. The van der Waals surface area contributed by atoms with Crippen molar-refractivity contribution in [1.82, 2.24) is 24.5 Å². The number of carbonyl (C=O) groups is 1. The van der Waals surface area contributed by atoms with Gasteiger partial charge in [0.15, 0.2) is 5.82 Å². The van der Waals surface area contributed by atoms with Crippen LogP contribution in [-0.4, -0.2) is 32.1 Å². The highest BCUT2D eigenvalue weighted by Gasteiger charge is 2.27. The van der Waals surface area contributed by atoms with Crippen LogP contribution in [0.1, 0.15) is 53.5 Å². The Labute approximate surface area is 133 Å². The number of amides is 1. The Morgan fingerprint density at radius 1 is 1.50 bits per heavy atom. The number of fused-ring (bicyclic) bond motifs is 1. The highest BCUT2D eigenvalue weighted by atomic mass is 32.1. The second kappa shape index (κ2) is 6.04. The molecule has 2 aromatic rings. The summed E-state index contributed by atoms with van der Waals surface area (Å²) in [6.45, 7) is 4.76. The van der Waals surface area contributed by atoms with E-state index < -0.39 is 0 Å². The molecule has 8 heteroatoms. The zero-order valence-electron chi connectivity index (χ0n) is 13.0. The van der Waals surface area contributed by atoms with Gasteiger partial charge in [-0.2, -0.15) is 9.47 Å². The number of anilines is 1. The molecule has 7 nitrogen and oxygen atoms in total. The van der Waals surface area contributed by atoms with Crippen LogP contribution in [0.2, 0.25) is 0 Å². The van der Waals surface area contributed by atoms with E-state index >= 15 is 0 Å². The first-order valence-electron chi connectivity index (χ1n) is 7.52. The number of aromatic nitrogens is 4. The Hall–Kier alpha value is -1.96. The van der Waals surface area contributed by atoms with Crippen molar-refractivity contribution >= 4 is 22.4 Å². The SMILES string of the molecule is CCc1nc2n(n1)CCCC2NC(=O)c1c(C)nsc1NC. The second-order valence-electron chi connectivity index (χ2n) is 5.35. The van der Waals surface area contributed by atoms with Crippen LogP contribution in [0.25, 0.3) is 0 Å². The lowest BCUT2D eigenvalue weighted by atomic mass is 10.1. The van der Waals surface area contributed by atoms with Crippen LogP contribution < -0.4 is 10.6 Å². The van der Waals surface area contributed by atoms with Crippen LogP contribution in [0, 0.1) is 6.92 Å². The van der Waals surface area contributed by atoms with Crippen molar-refractivity contribution in [3.8, 4) is 0 Å². The van der Waals surface area contributed by atoms with Crippen molar-refractivity contribution in [3.05, 3.63) is 22.9 Å². The molecule has 1 atom stereocenters. The summed E-state index contributed by atoms with van der Waals surface area (Å²) < 4.78 is 6.17. The van der Waals surface area contributed by atoms with E-state index in [-0.39, 0.29) is 11.9 Å². The van der Waals surface area contributed by atoms with Gasteiger partial charge in [-0.05, 0) is 31.3 Å². The smallest absolute Gasteiger partial charge is 0.256 e. The highest BCUT2D eigenvalue weighted by molar-refractivity contribution is 7.10. The minimum absolute atomic E-state index is 0.0851. The maximum atomic E-state index is 12.6. The van der Waals surface area contributed by atoms with Gasteiger partial charge in [-0.25, -0.2) is 9.67 Å². The zero-order chi connectivity index (χ0) is 15.7. The molecule has 118 valence electrons. The third kappa shape index (κ3) is 2.58. The molecular formula is C14H20N6OS. The summed E-state index contributed by atoms with van der Waals surface area (Å²) in [7, 11) is 1.80. The fraction of sp³-hybridized carbons (Fsp3) is 0.571. The molecule has 3 rings (SSSR count). The summed E-state index contributed by atoms with van der Waals surface area (Å²) in [5, 5.41) is 11.4. The lowest BCUT2D eigenvalue weighted by molar-refractivity contribution is 0.0927. The molecule has 3 heterocycles. The van der Waals surface area contributed by atoms with Gasteiger partial charge in [-0.15, -0.1) is 0 Å². The Morgan fingerprint density at radius 3 is 3.05 bits per heavy atom. The van der Waals surface area contributed by atoms with Crippen molar-refractivity contribution < 1.29 is 4.79 Å². The molecule has 0 radical (unpaired) electrons. The summed E-state index contributed by atoms with van der Waals surface area (Å²) in [6, 6.07) is -0.0851. The molecule has 0 fully saturated rings. The summed E-state index contributed by atoms with van der Waals surface area (Å²) >= 11 is 1.30. The number of rotatable bonds is 4. The van der Waals surface area contributed by atoms with Crippen LogP contribution in [0.15, 0.2) is 0 Å². The molecule has 0 aromatic carbocycles. The van der Waals surface area contributed by atoms with Crippen LogP contribution in [0.5, 0.6) is 0 Å². The number of nitrogens with one attached hydrogen (secondary N) is 2. The summed E-state index contributed by atoms with van der Waals surface area (Å²) in [5.74, 6) is 1.60. The third-order valence-electron chi connectivity index (χ3n) is 3.86. The van der Waals surface area contributed by atoms with Gasteiger partial charge in [0.25, 0.3) is 5.91 Å². The number of carbonyl (C=O) groups excluding carboxylic acids is 1. The molecule has 0 saturated carbocycles. The number of nitrogens with zero attached hydrogens (tertiary/aromatic N) is 4. The predicted octanol–water partition coefficient (Wildman–Crippen LogP) is 1.91. The molecule has 1 aliphatic rings. The van der Waals surface area contributed by atoms with Gasteiger partial charge in [0.1, 0.15) is 10.8 Å². The lowest BCUT2D eigenvalue weighted by Gasteiger charge is -2.23. The van der Waals surface area contributed by atoms with E-state index in [2.05, 4.69) is 25.1 Å². The van der Waals surface area contributed by atoms with Gasteiger partial charge in [-0.1, -0.05) is 6.92 Å². The van der Waals surface area contributed by atoms with Crippen molar-refractivity contribution in [2.24, 2.45) is 0 Å². The summed E-state index contributed by atoms with van der Waals surface area (Å²) in [4.78, 5) is 17.2. The summed E-state index contributed by atoms with van der Waals surface area (Å²) in [5.41, 5.74) is 1.37. The van der Waals surface area contributed by atoms with E-state index in [9.17, 15) is 4.79 Å². The van der Waals surface area contributed by atoms with E-state index in [4.69, 9.17) is 0 Å². The first-order chi connectivity index (χ1) is 10.6. The van der Waals surface area contributed by atoms with Crippen LogP contribution >= 0.6 is 11.5 Å². The Morgan fingerprint density at radius 2 is 2.32 bits per heavy atom. The van der Waals surface area contributed by atoms with Gasteiger partial charge >= 0.3 is 0 Å². The van der Waals surface area contributed by atoms with Crippen LogP contribution in [0.3, 0.4) is 0 Å². The molecule has 22 heavy (non-hydrogen) atoms. The topological polar surface area (TPSA) is 84.7 Å². The van der Waals surface area contributed by atoms with Gasteiger partial charge in [0, 0.05) is 20.0 Å². The fourth-order valence-corrected chi connectivity index (χ4v) is 3.47. The van der Waals surface area contributed by atoms with Crippen molar-refractivity contribution in [3.63, 3.8) is 0 Å². The summed E-state index contributed by atoms with van der Waals surface area (Å²) in [6.07, 6.45) is 2.68. The van der Waals surface area contributed by atoms with Gasteiger partial charge < -0.3 is 10.6 Å². The Kier molecular flexibility index (Phi) is 4.10. The molecular weight excluding hydrogens is 300 g/mol. The predicted molar refractivity (Wildman–Crippen MR) is 85.2 cm³/mol. The highest BCUT2D eigenvalue weighted by Crippen LogP contribution is 2.27. The van der Waals surface area contributed by atoms with E-state index in [1.807, 2.05) is 18.5 Å². The number of hydrogen-bond donors (Lipinski definition) is 2. The van der Waals surface area contributed by atoms with Crippen LogP contribution in [0.4, 0.5) is 5.00 Å². The number of hydrogen-bond acceptors (Lipinski definition) is 6. The standard InChI is InChI=1S/C14H20N6OS/c1-4-10-17-12-9(6-5-7-20(12)18-10)16-13(21)11-8(2)19-22-14(11)15-3/h9,15H,4-7H2,1-3H3,(H,16,21). The molecule has 1 amide bonds. The maximum Gasteiger partial charge on any atom is 0.256 e. The van der Waals surface area contributed by atoms with Crippen LogP contribution in [-0.2, 0) is 13.0 Å². The zero-order valence-corrected chi connectivity index (χ0v) is 13.8. The monoisotopic (exact) mass is 320 g/mol.